The van der Waals surface area contributed by atoms with Crippen LogP contribution in [0, 0.1) is 47.2 Å². The number of aldehydes is 1. The Morgan fingerprint density at radius 2 is 1.05 bits per heavy atom. The topological polar surface area (TPSA) is 177 Å². The molecule has 5 aromatic heterocycles. The van der Waals surface area contributed by atoms with Crippen molar-refractivity contribution in [1.82, 2.24) is 24.9 Å². The van der Waals surface area contributed by atoms with Gasteiger partial charge in [0.25, 0.3) is 0 Å². The molecule has 0 spiro atoms. The molecular formula is C59H87Br4MgN6O5PS. The number of nitriles is 1. The molecule has 0 radical (unpaired) electrons. The van der Waals surface area contributed by atoms with E-state index in [-0.39, 0.29) is 81.0 Å². The number of ketones is 3. The fraction of sp³-hybridized carbons (Fsp3) is 0.475. The zero-order valence-electron chi connectivity index (χ0n) is 46.8. The van der Waals surface area contributed by atoms with E-state index < -0.39 is 0 Å². The predicted octanol–water partition coefficient (Wildman–Crippen LogP) is 13.9. The molecule has 0 fully saturated rings. The Kier molecular flexibility index (Phi) is 64.5. The van der Waals surface area contributed by atoms with Crippen molar-refractivity contribution >= 4 is 111 Å². The van der Waals surface area contributed by atoms with Crippen LogP contribution in [0.1, 0.15) is 175 Å². The Morgan fingerprint density at radius 3 is 1.38 bits per heavy atom. The van der Waals surface area contributed by atoms with Crippen molar-refractivity contribution in [3.8, 4) is 5.40 Å². The number of pyridine rings is 5. The second-order valence-electron chi connectivity index (χ2n) is 18.6. The molecule has 11 nitrogen and oxygen atoms in total. The summed E-state index contributed by atoms with van der Waals surface area (Å²) in [5.41, 5.74) is 3.52. The van der Waals surface area contributed by atoms with Gasteiger partial charge < -0.3 is 29.0 Å². The first-order chi connectivity index (χ1) is 35.3. The molecule has 0 aliphatic heterocycles. The zero-order valence-corrected chi connectivity index (χ0v) is 56.4. The van der Waals surface area contributed by atoms with Gasteiger partial charge in [-0.3, -0.25) is 44.1 Å². The van der Waals surface area contributed by atoms with E-state index in [1.54, 1.807) is 98.2 Å². The quantitative estimate of drug-likeness (QED) is 0.0158. The Hall–Kier alpha value is -2.65. The normalized spacial score (nSPS) is 10.7. The van der Waals surface area contributed by atoms with Crippen LogP contribution in [0.5, 0.6) is 0 Å². The molecule has 0 bridgehead atoms. The molecule has 3 unspecified atom stereocenters. The molecule has 0 aliphatic carbocycles. The number of thioether (sulfide) groups is 1. The van der Waals surface area contributed by atoms with Crippen molar-refractivity contribution in [3.63, 3.8) is 0 Å². The van der Waals surface area contributed by atoms with E-state index in [0.29, 0.717) is 53.2 Å². The van der Waals surface area contributed by atoms with Crippen LogP contribution in [0.3, 0.4) is 0 Å². The Morgan fingerprint density at radius 1 is 0.649 bits per heavy atom. The standard InChI is InChI=1S/C12H14N2OS.C11H14BrNO.C11H17NO.C11H15NO.C6H5NO.C5H11.C2H7P.CH4.Br2.BrH.Mg/c1-9(2)6-11(16-8-13)12(15)10-4-3-5-14-7-10;1-8(2)6-10(12)11(14)9-4-3-5-13-7-9;2*1-9(2)5-6-11(13)10-4-3-7-12-8-10;8-5-6-2-1-3-7-4-6;1-4-5(2)3;1-3-2;;1-2;;/h3-5,7,9,11H,6H2,1-2H3;3-5,7-8,10H,6H2,1-2H3;3-4,7-9,11,13H,5-6H2,1-2H3;3-4,7-9H,5-6H2,1-2H3;1-5H;5H,1,4H2,2-3H3;3H,1-2H3;1H4;;1H;/q;;;;;-1;;;;;+2/p-1. The second-order valence-corrected chi connectivity index (χ2v) is 21.7. The average molecular weight is 1370 g/mol. The Bertz CT molecular complexity index is 2160. The predicted molar refractivity (Wildman–Crippen MR) is 337 cm³/mol. The molecule has 5 heterocycles. The summed E-state index contributed by atoms with van der Waals surface area (Å²) in [6.07, 6.45) is 22.9. The molecule has 0 saturated heterocycles. The first kappa shape index (κ1) is 85.6. The van der Waals surface area contributed by atoms with Crippen molar-refractivity contribution in [1.29, 1.82) is 5.26 Å². The first-order valence-electron chi connectivity index (χ1n) is 24.7. The maximum Gasteiger partial charge on any atom is 2.00 e. The summed E-state index contributed by atoms with van der Waals surface area (Å²) in [5.74, 6) is 3.22. The molecule has 3 atom stereocenters. The minimum absolute atomic E-state index is 0. The molecule has 0 aromatic carbocycles. The van der Waals surface area contributed by atoms with Gasteiger partial charge >= 0.3 is 23.1 Å². The van der Waals surface area contributed by atoms with Gasteiger partial charge in [0.05, 0.1) is 16.2 Å². The second kappa shape index (κ2) is 58.0. The van der Waals surface area contributed by atoms with Crippen LogP contribution in [0.4, 0.5) is 0 Å². The van der Waals surface area contributed by atoms with Crippen LogP contribution in [0.25, 0.3) is 0 Å². The minimum Gasteiger partial charge on any atom is -1.00 e. The third kappa shape index (κ3) is 50.1. The van der Waals surface area contributed by atoms with Crippen LogP contribution in [0.15, 0.2) is 123 Å². The fourth-order valence-electron chi connectivity index (χ4n) is 5.37. The number of aliphatic hydroxyl groups is 1. The number of hydrogen-bond donors (Lipinski definition) is 1. The van der Waals surface area contributed by atoms with Gasteiger partial charge in [-0.25, -0.2) is 0 Å². The molecule has 1 N–H and O–H groups in total. The maximum atomic E-state index is 12.1. The number of Topliss-reactive ketones (excluding diaryl/α,β-unsaturated/α-hetero) is 3. The first-order valence-corrected chi connectivity index (χ1v) is 32.2. The molecule has 5 rings (SSSR count). The summed E-state index contributed by atoms with van der Waals surface area (Å²) in [7, 11) is 1.08. The van der Waals surface area contributed by atoms with Gasteiger partial charge in [0, 0.05) is 119 Å². The number of rotatable bonds is 19. The van der Waals surface area contributed by atoms with Gasteiger partial charge in [-0.2, -0.15) is 11.7 Å². The van der Waals surface area contributed by atoms with Crippen LogP contribution in [0.2, 0.25) is 0 Å². The summed E-state index contributed by atoms with van der Waals surface area (Å²) in [6, 6.07) is 17.9. The van der Waals surface area contributed by atoms with Crippen molar-refractivity contribution in [2.45, 2.75) is 138 Å². The number of hydrogen-bond acceptors (Lipinski definition) is 12. The van der Waals surface area contributed by atoms with Gasteiger partial charge in [0.15, 0.2) is 23.6 Å². The summed E-state index contributed by atoms with van der Waals surface area (Å²) in [6.45, 7) is 29.2. The largest absolute Gasteiger partial charge is 2.00 e. The van der Waals surface area contributed by atoms with Crippen LogP contribution < -0.4 is 17.0 Å². The molecule has 5 aromatic rings. The summed E-state index contributed by atoms with van der Waals surface area (Å²) in [5, 5.41) is 20.1. The van der Waals surface area contributed by atoms with Crippen LogP contribution in [-0.4, -0.2) is 100 Å². The SMILES string of the molecule is BrBr.C.CC(C)CC(Br)C(=O)c1cccnc1.CC(C)CC(SC#N)C(=O)c1cccnc1.CC(C)CCC(=O)c1cccnc1.CC(C)CCC(O)c1cccnc1.CPC.O=Cc1cccnc1.[Br-].[CH2-]CC(C)C.[Mg+2]. The third-order valence-electron chi connectivity index (χ3n) is 9.44. The fourth-order valence-corrected chi connectivity index (χ4v) is 7.24. The summed E-state index contributed by atoms with van der Waals surface area (Å²) in [4.78, 5) is 64.7. The number of aliphatic hydroxyl groups excluding tert-OH is 1. The van der Waals surface area contributed by atoms with Gasteiger partial charge in [-0.15, -0.1) is 8.58 Å². The van der Waals surface area contributed by atoms with Crippen molar-refractivity contribution in [2.24, 2.45) is 29.6 Å². The number of aromatic nitrogens is 5. The molecule has 18 heteroatoms. The number of carbonyl (C=O) groups is 4. The van der Waals surface area contributed by atoms with Crippen molar-refractivity contribution < 1.29 is 41.3 Å². The molecule has 0 aliphatic rings. The Balaban J connectivity index is -0.000000196. The van der Waals surface area contributed by atoms with E-state index in [1.807, 2.05) is 37.4 Å². The average Bonchev–Trinajstić information content (AvgIpc) is 3.41. The molecular weight excluding hydrogens is 1280 g/mol. The van der Waals surface area contributed by atoms with Gasteiger partial charge in [-0.1, -0.05) is 105 Å². The summed E-state index contributed by atoms with van der Waals surface area (Å²) >= 11 is 9.94. The molecule has 0 saturated carbocycles. The Labute approximate surface area is 521 Å². The van der Waals surface area contributed by atoms with Gasteiger partial charge in [-0.05, 0) is 141 Å². The molecule has 77 heavy (non-hydrogen) atoms. The zero-order chi connectivity index (χ0) is 56.7. The van der Waals surface area contributed by atoms with E-state index in [1.165, 1.54) is 6.20 Å². The minimum atomic E-state index is -0.351. The molecule has 0 amide bonds. The number of carbonyl (C=O) groups excluding carboxylic acids is 4. The smallest absolute Gasteiger partial charge is 1.00 e. The van der Waals surface area contributed by atoms with E-state index in [9.17, 15) is 24.3 Å². The van der Waals surface area contributed by atoms with E-state index in [4.69, 9.17) is 5.26 Å². The maximum absolute atomic E-state index is 12.1. The van der Waals surface area contributed by atoms with Gasteiger partial charge in [0.1, 0.15) is 5.40 Å². The number of halogens is 4. The van der Waals surface area contributed by atoms with Gasteiger partial charge in [0.2, 0.25) is 0 Å². The summed E-state index contributed by atoms with van der Waals surface area (Å²) < 4.78 is 0. The van der Waals surface area contributed by atoms with E-state index in [2.05, 4.69) is 145 Å². The van der Waals surface area contributed by atoms with Crippen molar-refractivity contribution in [2.75, 3.05) is 13.3 Å². The molecule has 424 valence electrons. The van der Waals surface area contributed by atoms with Crippen LogP contribution >= 0.6 is 64.5 Å². The van der Waals surface area contributed by atoms with Crippen LogP contribution in [-0.2, 0) is 0 Å². The van der Waals surface area contributed by atoms with Crippen molar-refractivity contribution in [3.05, 3.63) is 157 Å². The van der Waals surface area contributed by atoms with E-state index >= 15 is 0 Å². The monoisotopic (exact) mass is 1360 g/mol. The van der Waals surface area contributed by atoms with E-state index in [0.717, 1.165) is 75.8 Å². The number of thiocyanates is 1. The number of nitrogens with zero attached hydrogens (tertiary/aromatic N) is 6. The third-order valence-corrected chi connectivity index (χ3v) is 11.0. The number of alkyl halides is 1.